The third-order valence-electron chi connectivity index (χ3n) is 5.73. The Morgan fingerprint density at radius 3 is 2.24 bits per heavy atom. The summed E-state index contributed by atoms with van der Waals surface area (Å²) in [4.78, 5) is 0. The average molecular weight is 471 g/mol. The van der Waals surface area contributed by atoms with Gasteiger partial charge in [0.2, 0.25) is 5.60 Å². The zero-order valence-electron chi connectivity index (χ0n) is 16.8. The summed E-state index contributed by atoms with van der Waals surface area (Å²) in [5, 5.41) is 16.4. The smallest absolute Gasteiger partial charge is 0.372 e. The number of aromatic nitrogens is 2. The predicted molar refractivity (Wildman–Crippen MR) is 119 cm³/mol. The van der Waals surface area contributed by atoms with Crippen LogP contribution in [0.1, 0.15) is 11.1 Å². The third-order valence-corrected chi connectivity index (χ3v) is 5.98. The van der Waals surface area contributed by atoms with Gasteiger partial charge in [0, 0.05) is 21.4 Å². The van der Waals surface area contributed by atoms with Crippen LogP contribution in [0.15, 0.2) is 85.1 Å². The number of hydrogen-bond acceptors (Lipinski definition) is 2. The molecule has 0 amide bonds. The van der Waals surface area contributed by atoms with Crippen molar-refractivity contribution in [3.63, 3.8) is 0 Å². The molecular weight excluding hydrogens is 456 g/mol. The maximum atomic E-state index is 14.4. The van der Waals surface area contributed by atoms with E-state index in [9.17, 15) is 22.7 Å². The van der Waals surface area contributed by atoms with E-state index in [0.29, 0.717) is 21.6 Å². The van der Waals surface area contributed by atoms with Crippen molar-refractivity contribution < 1.29 is 22.7 Å². The molecule has 0 aliphatic carbocycles. The molecule has 8 heteroatoms. The Labute approximate surface area is 190 Å². The van der Waals surface area contributed by atoms with Gasteiger partial charge in [-0.15, -0.1) is 0 Å². The van der Waals surface area contributed by atoms with Gasteiger partial charge in [-0.25, -0.2) is 9.07 Å². The van der Waals surface area contributed by atoms with Gasteiger partial charge in [0.1, 0.15) is 5.82 Å². The molecule has 33 heavy (non-hydrogen) atoms. The van der Waals surface area contributed by atoms with Crippen LogP contribution in [-0.4, -0.2) is 21.1 Å². The highest BCUT2D eigenvalue weighted by Gasteiger charge is 2.57. The molecule has 1 heterocycles. The quantitative estimate of drug-likeness (QED) is 0.295. The monoisotopic (exact) mass is 470 g/mol. The van der Waals surface area contributed by atoms with Crippen molar-refractivity contribution >= 4 is 33.3 Å². The highest BCUT2D eigenvalue weighted by molar-refractivity contribution is 6.30. The first kappa shape index (κ1) is 21.4. The SMILES string of the molecule is OC(c1ccc2c(cnn2-c2ccc(Cl)cc2)c1)(c1ccc(F)c2ccccc12)C(F)(F)F. The Morgan fingerprint density at radius 2 is 1.55 bits per heavy atom. The fourth-order valence-electron chi connectivity index (χ4n) is 4.10. The van der Waals surface area contributed by atoms with Gasteiger partial charge in [0.05, 0.1) is 17.4 Å². The summed E-state index contributed by atoms with van der Waals surface area (Å²) in [6.07, 6.45) is -3.65. The zero-order valence-corrected chi connectivity index (χ0v) is 17.6. The first-order valence-electron chi connectivity index (χ1n) is 9.91. The highest BCUT2D eigenvalue weighted by Crippen LogP contribution is 2.47. The number of nitrogens with zero attached hydrogens (tertiary/aromatic N) is 2. The van der Waals surface area contributed by atoms with E-state index in [0.717, 1.165) is 12.1 Å². The second-order valence-electron chi connectivity index (χ2n) is 7.66. The van der Waals surface area contributed by atoms with Gasteiger partial charge in [0.15, 0.2) is 0 Å². The van der Waals surface area contributed by atoms with Crippen LogP contribution in [0, 0.1) is 5.82 Å². The molecule has 4 aromatic carbocycles. The molecule has 1 aromatic heterocycles. The molecule has 166 valence electrons. The van der Waals surface area contributed by atoms with Crippen molar-refractivity contribution in [3.8, 4) is 5.69 Å². The zero-order chi connectivity index (χ0) is 23.4. The normalized spacial score (nSPS) is 14.0. The molecule has 3 nitrogen and oxygen atoms in total. The van der Waals surface area contributed by atoms with Crippen LogP contribution in [0.3, 0.4) is 0 Å². The lowest BCUT2D eigenvalue weighted by Gasteiger charge is -2.32. The van der Waals surface area contributed by atoms with Gasteiger partial charge in [-0.1, -0.05) is 48.0 Å². The number of aliphatic hydroxyl groups is 1. The van der Waals surface area contributed by atoms with Gasteiger partial charge < -0.3 is 5.11 Å². The lowest BCUT2D eigenvalue weighted by atomic mass is 9.82. The van der Waals surface area contributed by atoms with Crippen molar-refractivity contribution in [1.82, 2.24) is 9.78 Å². The second kappa shape index (κ2) is 7.57. The first-order chi connectivity index (χ1) is 15.7. The second-order valence-corrected chi connectivity index (χ2v) is 8.09. The highest BCUT2D eigenvalue weighted by atomic mass is 35.5. The fraction of sp³-hybridized carbons (Fsp3) is 0.0800. The number of alkyl halides is 3. The Kier molecular flexibility index (Phi) is 4.92. The lowest BCUT2D eigenvalue weighted by molar-refractivity contribution is -0.247. The minimum Gasteiger partial charge on any atom is -0.372 e. The summed E-state index contributed by atoms with van der Waals surface area (Å²) in [7, 11) is 0. The van der Waals surface area contributed by atoms with Gasteiger partial charge in [-0.2, -0.15) is 18.3 Å². The number of rotatable bonds is 3. The number of benzene rings is 4. The Bertz CT molecular complexity index is 1490. The van der Waals surface area contributed by atoms with Gasteiger partial charge in [0.25, 0.3) is 0 Å². The maximum absolute atomic E-state index is 14.4. The van der Waals surface area contributed by atoms with E-state index in [4.69, 9.17) is 11.6 Å². The van der Waals surface area contributed by atoms with Crippen LogP contribution in [0.25, 0.3) is 27.4 Å². The Balaban J connectivity index is 1.72. The molecule has 1 N–H and O–H groups in total. The summed E-state index contributed by atoms with van der Waals surface area (Å²) < 4.78 is 59.1. The Morgan fingerprint density at radius 1 is 0.848 bits per heavy atom. The molecule has 0 aliphatic heterocycles. The van der Waals surface area contributed by atoms with Crippen LogP contribution >= 0.6 is 11.6 Å². The first-order valence-corrected chi connectivity index (χ1v) is 10.3. The van der Waals surface area contributed by atoms with E-state index < -0.39 is 28.7 Å². The van der Waals surface area contributed by atoms with E-state index in [2.05, 4.69) is 5.10 Å². The third kappa shape index (κ3) is 3.35. The number of halogens is 5. The molecule has 0 saturated carbocycles. The average Bonchev–Trinajstić information content (AvgIpc) is 3.22. The lowest BCUT2D eigenvalue weighted by Crippen LogP contribution is -2.43. The van der Waals surface area contributed by atoms with Gasteiger partial charge >= 0.3 is 6.18 Å². The minimum absolute atomic E-state index is 0.00527. The largest absolute Gasteiger partial charge is 0.425 e. The molecule has 1 atom stereocenters. The van der Waals surface area contributed by atoms with Crippen molar-refractivity contribution in [2.45, 2.75) is 11.8 Å². The van der Waals surface area contributed by atoms with Gasteiger partial charge in [-0.05, 0) is 53.4 Å². The van der Waals surface area contributed by atoms with Crippen LogP contribution in [0.4, 0.5) is 17.6 Å². The molecule has 5 aromatic rings. The summed E-state index contributed by atoms with van der Waals surface area (Å²) in [6.45, 7) is 0. The van der Waals surface area contributed by atoms with Crippen molar-refractivity contribution in [1.29, 1.82) is 0 Å². The molecule has 0 aliphatic rings. The standard InChI is InChI=1S/C25H15ClF4N2O/c26-17-6-8-18(9-7-17)32-23-12-5-16(13-15(23)14-31-32)24(33,25(28,29)30)21-10-11-22(27)20-4-2-1-3-19(20)21/h1-14,33H. The minimum atomic E-state index is -5.08. The topological polar surface area (TPSA) is 38.1 Å². The van der Waals surface area contributed by atoms with E-state index in [1.165, 1.54) is 48.7 Å². The number of hydrogen-bond donors (Lipinski definition) is 1. The van der Waals surface area contributed by atoms with E-state index in [-0.39, 0.29) is 10.8 Å². The van der Waals surface area contributed by atoms with Crippen LogP contribution in [-0.2, 0) is 5.60 Å². The van der Waals surface area contributed by atoms with Crippen molar-refractivity contribution in [2.24, 2.45) is 0 Å². The summed E-state index contributed by atoms with van der Waals surface area (Å²) in [5.41, 5.74) is -2.98. The van der Waals surface area contributed by atoms with Crippen LogP contribution in [0.5, 0.6) is 0 Å². The molecule has 0 spiro atoms. The predicted octanol–water partition coefficient (Wildman–Crippen LogP) is 6.77. The maximum Gasteiger partial charge on any atom is 0.425 e. The summed E-state index contributed by atoms with van der Waals surface area (Å²) in [5.74, 6) is -0.668. The number of fused-ring (bicyclic) bond motifs is 2. The van der Waals surface area contributed by atoms with Crippen molar-refractivity contribution in [3.05, 3.63) is 107 Å². The van der Waals surface area contributed by atoms with Crippen LogP contribution in [0.2, 0.25) is 5.02 Å². The summed E-state index contributed by atoms with van der Waals surface area (Å²) >= 11 is 5.93. The molecule has 1 unspecified atom stereocenters. The summed E-state index contributed by atoms with van der Waals surface area (Å²) in [6, 6.07) is 18.4. The molecule has 5 rings (SSSR count). The fourth-order valence-corrected chi connectivity index (χ4v) is 4.22. The van der Waals surface area contributed by atoms with Gasteiger partial charge in [-0.3, -0.25) is 0 Å². The van der Waals surface area contributed by atoms with E-state index in [1.807, 2.05) is 0 Å². The van der Waals surface area contributed by atoms with Crippen LogP contribution < -0.4 is 0 Å². The molecule has 0 saturated heterocycles. The Hall–Kier alpha value is -3.42. The molecular formula is C25H15ClF4N2O. The molecule has 0 radical (unpaired) electrons. The molecule has 0 bridgehead atoms. The molecule has 0 fully saturated rings. The van der Waals surface area contributed by atoms with Crippen molar-refractivity contribution in [2.75, 3.05) is 0 Å². The van der Waals surface area contributed by atoms with E-state index >= 15 is 0 Å². The van der Waals surface area contributed by atoms with E-state index in [1.54, 1.807) is 28.9 Å².